The maximum Gasteiger partial charge on any atom is 0.251 e. The molecule has 1 saturated heterocycles. The van der Waals surface area contributed by atoms with Crippen LogP contribution in [0.1, 0.15) is 12.5 Å². The lowest BCUT2D eigenvalue weighted by Gasteiger charge is -2.45. The van der Waals surface area contributed by atoms with Crippen molar-refractivity contribution in [2.24, 2.45) is 0 Å². The van der Waals surface area contributed by atoms with Gasteiger partial charge in [-0.25, -0.2) is 8.78 Å². The van der Waals surface area contributed by atoms with Crippen LogP contribution in [-0.2, 0) is 5.54 Å². The molecule has 0 amide bonds. The molecule has 1 aliphatic rings. The van der Waals surface area contributed by atoms with E-state index in [0.717, 1.165) is 12.1 Å². The number of alkyl halides is 2. The summed E-state index contributed by atoms with van der Waals surface area (Å²) in [5.41, 5.74) is 0.753. The summed E-state index contributed by atoms with van der Waals surface area (Å²) in [7, 11) is 0. The molecule has 0 aromatic heterocycles. The van der Waals surface area contributed by atoms with Gasteiger partial charge in [-0.05, 0) is 12.5 Å². The zero-order valence-electron chi connectivity index (χ0n) is 10.00. The number of halogens is 2. The minimum Gasteiger partial charge on any atom is -0.313 e. The highest BCUT2D eigenvalue weighted by Crippen LogP contribution is 2.29. The number of rotatable bonds is 3. The van der Waals surface area contributed by atoms with Crippen molar-refractivity contribution in [3.05, 3.63) is 35.9 Å². The van der Waals surface area contributed by atoms with Crippen LogP contribution in [0.4, 0.5) is 8.78 Å². The first-order valence-electron chi connectivity index (χ1n) is 5.92. The van der Waals surface area contributed by atoms with Gasteiger partial charge in [0.25, 0.3) is 6.43 Å². The Kier molecular flexibility index (Phi) is 3.74. The van der Waals surface area contributed by atoms with E-state index in [-0.39, 0.29) is 12.1 Å². The van der Waals surface area contributed by atoms with Crippen molar-refractivity contribution in [1.29, 1.82) is 0 Å². The molecule has 1 atom stereocenters. The summed E-state index contributed by atoms with van der Waals surface area (Å²) in [6, 6.07) is 9.86. The van der Waals surface area contributed by atoms with E-state index in [2.05, 4.69) is 5.32 Å². The second-order valence-corrected chi connectivity index (χ2v) is 4.65. The lowest BCUT2D eigenvalue weighted by molar-refractivity contribution is 0.00940. The third kappa shape index (κ3) is 2.64. The third-order valence-corrected chi connectivity index (χ3v) is 3.48. The molecule has 4 heteroatoms. The predicted octanol–water partition coefficient (Wildman–Crippen LogP) is 2.07. The van der Waals surface area contributed by atoms with Gasteiger partial charge in [0.2, 0.25) is 0 Å². The van der Waals surface area contributed by atoms with Crippen LogP contribution >= 0.6 is 0 Å². The maximum absolute atomic E-state index is 12.6. The molecule has 1 N–H and O–H groups in total. The first-order chi connectivity index (χ1) is 8.13. The Morgan fingerprint density at radius 1 is 1.35 bits per heavy atom. The second kappa shape index (κ2) is 5.10. The summed E-state index contributed by atoms with van der Waals surface area (Å²) in [4.78, 5) is 1.88. The zero-order valence-corrected chi connectivity index (χ0v) is 10.00. The van der Waals surface area contributed by atoms with Gasteiger partial charge < -0.3 is 5.32 Å². The van der Waals surface area contributed by atoms with Crippen molar-refractivity contribution >= 4 is 0 Å². The molecule has 2 rings (SSSR count). The van der Waals surface area contributed by atoms with Gasteiger partial charge in [-0.2, -0.15) is 0 Å². The van der Waals surface area contributed by atoms with Crippen LogP contribution in [0.15, 0.2) is 30.3 Å². The average molecular weight is 240 g/mol. The van der Waals surface area contributed by atoms with Crippen LogP contribution < -0.4 is 5.32 Å². The fourth-order valence-corrected chi connectivity index (χ4v) is 2.45. The van der Waals surface area contributed by atoms with Crippen LogP contribution in [0.2, 0.25) is 0 Å². The largest absolute Gasteiger partial charge is 0.313 e. The van der Waals surface area contributed by atoms with Gasteiger partial charge in [0.15, 0.2) is 0 Å². The normalized spacial score (nSPS) is 26.4. The molecule has 2 nitrogen and oxygen atoms in total. The monoisotopic (exact) mass is 240 g/mol. The van der Waals surface area contributed by atoms with Crippen molar-refractivity contribution in [2.75, 3.05) is 26.2 Å². The minimum atomic E-state index is -2.28. The fraction of sp³-hybridized carbons (Fsp3) is 0.538. The molecular weight excluding hydrogens is 222 g/mol. The van der Waals surface area contributed by atoms with E-state index < -0.39 is 6.43 Å². The van der Waals surface area contributed by atoms with Gasteiger partial charge in [-0.1, -0.05) is 30.3 Å². The minimum absolute atomic E-state index is 0.160. The fourth-order valence-electron chi connectivity index (χ4n) is 2.45. The van der Waals surface area contributed by atoms with Crippen LogP contribution in [0, 0.1) is 0 Å². The SMILES string of the molecule is CC1(c2ccccc2)CNCCN1CC(F)F. The van der Waals surface area contributed by atoms with E-state index in [4.69, 9.17) is 0 Å². The summed E-state index contributed by atoms with van der Waals surface area (Å²) in [5, 5.41) is 3.29. The van der Waals surface area contributed by atoms with E-state index in [9.17, 15) is 8.78 Å². The Balaban J connectivity index is 2.25. The molecule has 1 heterocycles. The van der Waals surface area contributed by atoms with Gasteiger partial charge in [0.1, 0.15) is 0 Å². The molecular formula is C13H18F2N2. The number of piperazine rings is 1. The van der Waals surface area contributed by atoms with Crippen LogP contribution in [0.25, 0.3) is 0 Å². The van der Waals surface area contributed by atoms with E-state index in [1.54, 1.807) is 0 Å². The highest BCUT2D eigenvalue weighted by atomic mass is 19.3. The van der Waals surface area contributed by atoms with Gasteiger partial charge in [-0.15, -0.1) is 0 Å². The van der Waals surface area contributed by atoms with E-state index in [1.807, 2.05) is 42.2 Å². The second-order valence-electron chi connectivity index (χ2n) is 4.65. The van der Waals surface area contributed by atoms with Gasteiger partial charge in [0.05, 0.1) is 12.1 Å². The number of hydrogen-bond acceptors (Lipinski definition) is 2. The maximum atomic E-state index is 12.6. The van der Waals surface area contributed by atoms with Crippen molar-refractivity contribution in [1.82, 2.24) is 10.2 Å². The van der Waals surface area contributed by atoms with Crippen LogP contribution in [-0.4, -0.2) is 37.5 Å². The molecule has 94 valence electrons. The van der Waals surface area contributed by atoms with E-state index in [0.29, 0.717) is 13.1 Å². The van der Waals surface area contributed by atoms with Gasteiger partial charge >= 0.3 is 0 Å². The third-order valence-electron chi connectivity index (χ3n) is 3.48. The standard InChI is InChI=1S/C13H18F2N2/c1-13(11-5-3-2-4-6-11)10-16-7-8-17(13)9-12(14)15/h2-6,12,16H,7-10H2,1H3. The first-order valence-corrected chi connectivity index (χ1v) is 5.92. The summed E-state index contributed by atoms with van der Waals surface area (Å²) in [6.07, 6.45) is -2.28. The number of nitrogens with zero attached hydrogens (tertiary/aromatic N) is 1. The highest BCUT2D eigenvalue weighted by molar-refractivity contribution is 5.25. The van der Waals surface area contributed by atoms with Crippen LogP contribution in [0.3, 0.4) is 0 Å². The topological polar surface area (TPSA) is 15.3 Å². The molecule has 1 fully saturated rings. The molecule has 0 aliphatic carbocycles. The molecule has 1 aromatic carbocycles. The lowest BCUT2D eigenvalue weighted by Crippen LogP contribution is -2.58. The zero-order chi connectivity index (χ0) is 12.3. The number of nitrogens with one attached hydrogen (secondary N) is 1. The van der Waals surface area contributed by atoms with Gasteiger partial charge in [-0.3, -0.25) is 4.90 Å². The summed E-state index contributed by atoms with van der Waals surface area (Å²) in [5.74, 6) is 0. The Morgan fingerprint density at radius 2 is 2.06 bits per heavy atom. The van der Waals surface area contributed by atoms with E-state index in [1.165, 1.54) is 0 Å². The van der Waals surface area contributed by atoms with E-state index >= 15 is 0 Å². The average Bonchev–Trinajstić information content (AvgIpc) is 2.33. The summed E-state index contributed by atoms with van der Waals surface area (Å²) < 4.78 is 25.2. The molecule has 0 saturated carbocycles. The Morgan fingerprint density at radius 3 is 2.71 bits per heavy atom. The van der Waals surface area contributed by atoms with Crippen molar-refractivity contribution < 1.29 is 8.78 Å². The van der Waals surface area contributed by atoms with Crippen molar-refractivity contribution in [2.45, 2.75) is 18.9 Å². The summed E-state index contributed by atoms with van der Waals surface area (Å²) >= 11 is 0. The number of hydrogen-bond donors (Lipinski definition) is 1. The highest BCUT2D eigenvalue weighted by Gasteiger charge is 2.36. The Labute approximate surface area is 101 Å². The smallest absolute Gasteiger partial charge is 0.251 e. The molecule has 0 radical (unpaired) electrons. The number of benzene rings is 1. The lowest BCUT2D eigenvalue weighted by atomic mass is 9.88. The van der Waals surface area contributed by atoms with Gasteiger partial charge in [0, 0.05) is 19.6 Å². The quantitative estimate of drug-likeness (QED) is 0.870. The molecule has 0 spiro atoms. The van der Waals surface area contributed by atoms with Crippen molar-refractivity contribution in [3.63, 3.8) is 0 Å². The molecule has 1 aromatic rings. The molecule has 1 aliphatic heterocycles. The molecule has 17 heavy (non-hydrogen) atoms. The first kappa shape index (κ1) is 12.5. The summed E-state index contributed by atoms with van der Waals surface area (Å²) in [6.45, 7) is 4.01. The molecule has 1 unspecified atom stereocenters. The molecule has 0 bridgehead atoms. The Bertz CT molecular complexity index is 356. The predicted molar refractivity (Wildman–Crippen MR) is 64.2 cm³/mol. The Hall–Kier alpha value is -1.00. The van der Waals surface area contributed by atoms with Crippen LogP contribution in [0.5, 0.6) is 0 Å². The van der Waals surface area contributed by atoms with Crippen molar-refractivity contribution in [3.8, 4) is 0 Å².